The van der Waals surface area contributed by atoms with Crippen molar-refractivity contribution in [1.82, 2.24) is 24.3 Å². The van der Waals surface area contributed by atoms with E-state index in [1.165, 1.54) is 16.7 Å². The summed E-state index contributed by atoms with van der Waals surface area (Å²) >= 11 is 0. The molecular formula is C41H31N5OPt. The van der Waals surface area contributed by atoms with E-state index in [2.05, 4.69) is 104 Å². The van der Waals surface area contributed by atoms with Crippen LogP contribution in [0.15, 0.2) is 116 Å². The Kier molecular flexibility index (Phi) is 8.28. The Morgan fingerprint density at radius 3 is 2.27 bits per heavy atom. The molecule has 0 atom stereocenters. The van der Waals surface area contributed by atoms with Gasteiger partial charge >= 0.3 is 21.1 Å². The Bertz CT molecular complexity index is 2420. The van der Waals surface area contributed by atoms with E-state index in [1.807, 2.05) is 59.5 Å². The van der Waals surface area contributed by atoms with Gasteiger partial charge in [0.25, 0.3) is 0 Å². The van der Waals surface area contributed by atoms with Gasteiger partial charge in [-0.1, -0.05) is 41.9 Å². The topological polar surface area (TPSA) is 57.8 Å². The summed E-state index contributed by atoms with van der Waals surface area (Å²) < 4.78 is 10.6. The van der Waals surface area contributed by atoms with E-state index in [4.69, 9.17) is 14.8 Å². The fourth-order valence-electron chi connectivity index (χ4n) is 6.53. The number of benzene rings is 4. The maximum Gasteiger partial charge on any atom is 2.00 e. The van der Waals surface area contributed by atoms with Gasteiger partial charge < -0.3 is 9.30 Å². The second-order valence-corrected chi connectivity index (χ2v) is 11.9. The molecule has 8 rings (SSSR count). The zero-order valence-electron chi connectivity index (χ0n) is 26.9. The van der Waals surface area contributed by atoms with Crippen molar-refractivity contribution in [2.45, 2.75) is 27.7 Å². The van der Waals surface area contributed by atoms with Crippen LogP contribution in [0.2, 0.25) is 0 Å². The second-order valence-electron chi connectivity index (χ2n) is 11.9. The number of aromatic nitrogens is 5. The molecule has 0 amide bonds. The molecule has 8 aromatic rings. The Hall–Kier alpha value is -5.32. The molecule has 0 aliphatic carbocycles. The van der Waals surface area contributed by atoms with E-state index < -0.39 is 0 Å². The van der Waals surface area contributed by atoms with Crippen LogP contribution >= 0.6 is 0 Å². The zero-order valence-corrected chi connectivity index (χ0v) is 29.2. The van der Waals surface area contributed by atoms with Crippen molar-refractivity contribution in [3.05, 3.63) is 150 Å². The summed E-state index contributed by atoms with van der Waals surface area (Å²) in [6.07, 6.45) is 5.52. The van der Waals surface area contributed by atoms with Gasteiger partial charge in [-0.3, -0.25) is 9.67 Å². The van der Waals surface area contributed by atoms with Crippen LogP contribution in [0, 0.1) is 39.8 Å². The van der Waals surface area contributed by atoms with Gasteiger partial charge in [0.15, 0.2) is 0 Å². The monoisotopic (exact) mass is 804 g/mol. The van der Waals surface area contributed by atoms with Crippen LogP contribution < -0.4 is 4.74 Å². The molecule has 7 heteroatoms. The van der Waals surface area contributed by atoms with Crippen molar-refractivity contribution >= 4 is 21.8 Å². The number of hydrogen-bond acceptors (Lipinski definition) is 4. The fourth-order valence-corrected chi connectivity index (χ4v) is 6.53. The van der Waals surface area contributed by atoms with Crippen LogP contribution in [0.1, 0.15) is 22.4 Å². The molecule has 0 radical (unpaired) electrons. The van der Waals surface area contributed by atoms with E-state index in [0.29, 0.717) is 11.5 Å². The summed E-state index contributed by atoms with van der Waals surface area (Å²) in [5, 5.41) is 7.29. The van der Waals surface area contributed by atoms with Crippen LogP contribution in [0.5, 0.6) is 11.5 Å². The number of fused-ring (bicyclic) bond motifs is 3. The van der Waals surface area contributed by atoms with Gasteiger partial charge in [0, 0.05) is 46.7 Å². The molecule has 0 saturated carbocycles. The average Bonchev–Trinajstić information content (AvgIpc) is 3.59. The Labute approximate surface area is 294 Å². The van der Waals surface area contributed by atoms with Crippen LogP contribution in [-0.4, -0.2) is 24.3 Å². The van der Waals surface area contributed by atoms with E-state index in [0.717, 1.165) is 61.4 Å². The molecule has 0 N–H and O–H groups in total. The average molecular weight is 805 g/mol. The minimum absolute atomic E-state index is 0. The quantitative estimate of drug-likeness (QED) is 0.157. The first-order chi connectivity index (χ1) is 23.0. The van der Waals surface area contributed by atoms with E-state index >= 15 is 0 Å². The van der Waals surface area contributed by atoms with Crippen molar-refractivity contribution in [3.63, 3.8) is 0 Å². The third-order valence-corrected chi connectivity index (χ3v) is 8.61. The summed E-state index contributed by atoms with van der Waals surface area (Å²) in [5.41, 5.74) is 11.4. The molecule has 4 heterocycles. The van der Waals surface area contributed by atoms with Crippen molar-refractivity contribution in [1.29, 1.82) is 0 Å². The Morgan fingerprint density at radius 1 is 0.688 bits per heavy atom. The van der Waals surface area contributed by atoms with Crippen molar-refractivity contribution < 1.29 is 25.8 Å². The summed E-state index contributed by atoms with van der Waals surface area (Å²) in [6.45, 7) is 8.43. The molecule has 48 heavy (non-hydrogen) atoms. The predicted molar refractivity (Wildman–Crippen MR) is 188 cm³/mol. The van der Waals surface area contributed by atoms with E-state index in [1.54, 1.807) is 6.20 Å². The van der Waals surface area contributed by atoms with Gasteiger partial charge in [-0.05, 0) is 91.4 Å². The summed E-state index contributed by atoms with van der Waals surface area (Å²) in [5.74, 6) is 1.99. The fraction of sp³-hybridized carbons (Fsp3) is 0.0976. The summed E-state index contributed by atoms with van der Waals surface area (Å²) in [6, 6.07) is 39.8. The van der Waals surface area contributed by atoms with Crippen molar-refractivity contribution in [3.8, 4) is 45.4 Å². The second kappa shape index (κ2) is 12.7. The van der Waals surface area contributed by atoms with Crippen molar-refractivity contribution in [2.75, 3.05) is 0 Å². The number of ether oxygens (including phenoxy) is 1. The van der Waals surface area contributed by atoms with Gasteiger partial charge in [-0.15, -0.1) is 35.7 Å². The molecule has 0 saturated heterocycles. The Balaban J connectivity index is 0.00000364. The third kappa shape index (κ3) is 5.42. The zero-order chi connectivity index (χ0) is 32.1. The first kappa shape index (κ1) is 31.3. The normalized spacial score (nSPS) is 11.2. The number of rotatable bonds is 6. The maximum absolute atomic E-state index is 6.47. The molecule has 0 unspecified atom stereocenters. The molecule has 0 bridgehead atoms. The standard InChI is InChI=1S/C41H31N5O.Pt/c1-26-19-21-43-38(22-26)45-36-16-6-5-15-34(36)35-18-17-33(24-37(35)45)47-32-14-8-13-31(23-32)46-41(30-12-9-20-42-25-30)40(29(4)44-46)39-27(2)10-7-11-28(39)3;/h5-22,25H,1-4H3;/q-2;+2. The van der Waals surface area contributed by atoms with Gasteiger partial charge in [-0.2, -0.15) is 17.2 Å². The van der Waals surface area contributed by atoms with Crippen LogP contribution in [0.4, 0.5) is 0 Å². The molecule has 0 aliphatic rings. The van der Waals surface area contributed by atoms with E-state index in [9.17, 15) is 0 Å². The largest absolute Gasteiger partial charge is 2.00 e. The first-order valence-corrected chi connectivity index (χ1v) is 15.6. The Morgan fingerprint density at radius 2 is 1.48 bits per heavy atom. The minimum atomic E-state index is 0. The molecule has 0 spiro atoms. The SMILES string of the molecule is Cc1ccnc(-n2c3[c-]c(Oc4[c-]c(-n5nc(C)c(-c6c(C)cccc6C)c5-c5cccnc5)ccc4)ccc3c3ccccc32)c1.[Pt+2]. The van der Waals surface area contributed by atoms with Crippen molar-refractivity contribution in [2.24, 2.45) is 0 Å². The van der Waals surface area contributed by atoms with Crippen LogP contribution in [0.25, 0.3) is 55.7 Å². The van der Waals surface area contributed by atoms with Gasteiger partial charge in [0.2, 0.25) is 0 Å². The smallest absolute Gasteiger partial charge is 0.509 e. The van der Waals surface area contributed by atoms with Gasteiger partial charge in [0.1, 0.15) is 5.82 Å². The molecule has 6 nitrogen and oxygen atoms in total. The third-order valence-electron chi connectivity index (χ3n) is 8.61. The number of para-hydroxylation sites is 1. The van der Waals surface area contributed by atoms with Gasteiger partial charge in [0.05, 0.1) is 11.4 Å². The number of hydrogen-bond donors (Lipinski definition) is 0. The number of pyridine rings is 2. The molecule has 236 valence electrons. The predicted octanol–water partition coefficient (Wildman–Crippen LogP) is 9.72. The molecule has 0 fully saturated rings. The summed E-state index contributed by atoms with van der Waals surface area (Å²) in [7, 11) is 0. The molecule has 0 aliphatic heterocycles. The van der Waals surface area contributed by atoms with E-state index in [-0.39, 0.29) is 21.1 Å². The van der Waals surface area contributed by atoms with Gasteiger partial charge in [-0.25, -0.2) is 4.98 Å². The maximum atomic E-state index is 6.47. The van der Waals surface area contributed by atoms with Crippen LogP contribution in [-0.2, 0) is 21.1 Å². The first-order valence-electron chi connectivity index (χ1n) is 15.6. The molecule has 4 aromatic carbocycles. The number of aryl methyl sites for hydroxylation is 4. The molecule has 4 aromatic heterocycles. The summed E-state index contributed by atoms with van der Waals surface area (Å²) in [4.78, 5) is 9.14. The molecular weight excluding hydrogens is 774 g/mol. The number of nitrogens with zero attached hydrogens (tertiary/aromatic N) is 5. The van der Waals surface area contributed by atoms with Crippen LogP contribution in [0.3, 0.4) is 0 Å². The minimum Gasteiger partial charge on any atom is -0.509 e.